The molecule has 0 aromatic carbocycles. The molecule has 0 N–H and O–H groups in total. The van der Waals surface area contributed by atoms with Crippen LogP contribution in [0, 0.1) is 12.8 Å². The first kappa shape index (κ1) is 15.5. The second-order valence-corrected chi connectivity index (χ2v) is 7.14. The number of nitrogens with zero attached hydrogens (tertiary/aromatic N) is 6. The van der Waals surface area contributed by atoms with Gasteiger partial charge in [0, 0.05) is 24.3 Å². The predicted octanol–water partition coefficient (Wildman–Crippen LogP) is 1.39. The highest BCUT2D eigenvalue weighted by atomic mass is 16.1. The summed E-state index contributed by atoms with van der Waals surface area (Å²) in [6.45, 7) is 5.59. The SMILES string of the molecule is Cc1cncn(CC2CCN(Cc3nncn3C3CC3)CC2)c1=O. The molecule has 7 nitrogen and oxygen atoms in total. The van der Waals surface area contributed by atoms with Gasteiger partial charge < -0.3 is 4.57 Å². The molecule has 0 bridgehead atoms. The Morgan fingerprint density at radius 3 is 2.71 bits per heavy atom. The molecular weight excluding hydrogens is 304 g/mol. The average Bonchev–Trinajstić information content (AvgIpc) is 3.33. The van der Waals surface area contributed by atoms with Crippen LogP contribution >= 0.6 is 0 Å². The summed E-state index contributed by atoms with van der Waals surface area (Å²) in [6.07, 6.45) is 9.91. The van der Waals surface area contributed by atoms with Crippen molar-refractivity contribution in [3.63, 3.8) is 0 Å². The fraction of sp³-hybridized carbons (Fsp3) is 0.647. The third-order valence-corrected chi connectivity index (χ3v) is 5.19. The molecule has 2 aromatic heterocycles. The van der Waals surface area contributed by atoms with Crippen molar-refractivity contribution >= 4 is 0 Å². The molecule has 3 heterocycles. The van der Waals surface area contributed by atoms with Crippen LogP contribution in [-0.4, -0.2) is 42.3 Å². The van der Waals surface area contributed by atoms with Crippen LogP contribution in [0.4, 0.5) is 0 Å². The molecule has 128 valence electrons. The fourth-order valence-corrected chi connectivity index (χ4v) is 3.53. The van der Waals surface area contributed by atoms with E-state index in [2.05, 4.69) is 24.6 Å². The van der Waals surface area contributed by atoms with Crippen LogP contribution in [0.15, 0.2) is 23.6 Å². The van der Waals surface area contributed by atoms with Crippen molar-refractivity contribution in [1.82, 2.24) is 29.2 Å². The van der Waals surface area contributed by atoms with Gasteiger partial charge in [-0.1, -0.05) is 0 Å². The molecule has 0 amide bonds. The molecule has 0 atom stereocenters. The van der Waals surface area contributed by atoms with Gasteiger partial charge in [-0.15, -0.1) is 10.2 Å². The molecule has 7 heteroatoms. The highest BCUT2D eigenvalue weighted by Crippen LogP contribution is 2.35. The fourth-order valence-electron chi connectivity index (χ4n) is 3.53. The Labute approximate surface area is 141 Å². The summed E-state index contributed by atoms with van der Waals surface area (Å²) in [7, 11) is 0. The molecule has 4 rings (SSSR count). The Kier molecular flexibility index (Phi) is 4.18. The summed E-state index contributed by atoms with van der Waals surface area (Å²) in [5.74, 6) is 1.64. The summed E-state index contributed by atoms with van der Waals surface area (Å²) in [6, 6.07) is 0.633. The first-order chi connectivity index (χ1) is 11.7. The van der Waals surface area contributed by atoms with Crippen LogP contribution in [-0.2, 0) is 13.1 Å². The van der Waals surface area contributed by atoms with E-state index >= 15 is 0 Å². The number of aromatic nitrogens is 5. The minimum atomic E-state index is 0.0879. The zero-order chi connectivity index (χ0) is 16.5. The van der Waals surface area contributed by atoms with Crippen molar-refractivity contribution in [2.24, 2.45) is 5.92 Å². The summed E-state index contributed by atoms with van der Waals surface area (Å²) in [5.41, 5.74) is 0.805. The monoisotopic (exact) mass is 328 g/mol. The van der Waals surface area contributed by atoms with Crippen LogP contribution in [0.3, 0.4) is 0 Å². The summed E-state index contributed by atoms with van der Waals surface area (Å²) < 4.78 is 4.00. The molecule has 24 heavy (non-hydrogen) atoms. The quantitative estimate of drug-likeness (QED) is 0.830. The van der Waals surface area contributed by atoms with Crippen molar-refractivity contribution in [1.29, 1.82) is 0 Å². The molecule has 2 fully saturated rings. The smallest absolute Gasteiger partial charge is 0.256 e. The lowest BCUT2D eigenvalue weighted by Crippen LogP contribution is -2.36. The van der Waals surface area contributed by atoms with Gasteiger partial charge in [0.25, 0.3) is 5.56 Å². The Morgan fingerprint density at radius 1 is 1.17 bits per heavy atom. The molecule has 0 unspecified atom stereocenters. The van der Waals surface area contributed by atoms with E-state index < -0.39 is 0 Å². The maximum absolute atomic E-state index is 12.1. The van der Waals surface area contributed by atoms with E-state index in [4.69, 9.17) is 0 Å². The zero-order valence-corrected chi connectivity index (χ0v) is 14.1. The van der Waals surface area contributed by atoms with E-state index in [1.807, 2.05) is 13.3 Å². The zero-order valence-electron chi connectivity index (χ0n) is 14.1. The van der Waals surface area contributed by atoms with E-state index in [-0.39, 0.29) is 5.56 Å². The molecular formula is C17H24N6O. The largest absolute Gasteiger partial charge is 0.313 e. The number of piperidine rings is 1. The lowest BCUT2D eigenvalue weighted by atomic mass is 9.96. The van der Waals surface area contributed by atoms with Crippen LogP contribution in [0.5, 0.6) is 0 Å². The highest BCUT2D eigenvalue weighted by molar-refractivity contribution is 5.01. The molecule has 2 aromatic rings. The molecule has 1 saturated heterocycles. The van der Waals surface area contributed by atoms with Crippen LogP contribution in [0.1, 0.15) is 43.1 Å². The Morgan fingerprint density at radius 2 is 1.96 bits per heavy atom. The average molecular weight is 328 g/mol. The Hall–Kier alpha value is -2.02. The first-order valence-electron chi connectivity index (χ1n) is 8.82. The molecule has 0 radical (unpaired) electrons. The maximum atomic E-state index is 12.1. The van der Waals surface area contributed by atoms with E-state index in [0.717, 1.165) is 44.8 Å². The number of rotatable bonds is 5. The van der Waals surface area contributed by atoms with Gasteiger partial charge in [0.1, 0.15) is 12.2 Å². The second kappa shape index (κ2) is 6.47. The number of hydrogen-bond acceptors (Lipinski definition) is 5. The predicted molar refractivity (Wildman–Crippen MR) is 89.5 cm³/mol. The summed E-state index contributed by atoms with van der Waals surface area (Å²) >= 11 is 0. The molecule has 1 saturated carbocycles. The van der Waals surface area contributed by atoms with Gasteiger partial charge in [-0.25, -0.2) is 4.98 Å². The molecule has 1 aliphatic carbocycles. The topological polar surface area (TPSA) is 68.8 Å². The Balaban J connectivity index is 1.32. The Bertz CT molecular complexity index is 754. The van der Waals surface area contributed by atoms with Gasteiger partial charge in [-0.3, -0.25) is 14.3 Å². The van der Waals surface area contributed by atoms with Crippen molar-refractivity contribution in [2.45, 2.75) is 51.7 Å². The van der Waals surface area contributed by atoms with Crippen molar-refractivity contribution in [2.75, 3.05) is 13.1 Å². The van der Waals surface area contributed by atoms with Gasteiger partial charge in [0.05, 0.1) is 12.9 Å². The molecule has 0 spiro atoms. The van der Waals surface area contributed by atoms with Crippen molar-refractivity contribution in [3.8, 4) is 0 Å². The van der Waals surface area contributed by atoms with E-state index in [1.165, 1.54) is 12.8 Å². The van der Waals surface area contributed by atoms with Gasteiger partial charge in [-0.05, 0) is 51.6 Å². The van der Waals surface area contributed by atoms with E-state index in [1.54, 1.807) is 17.1 Å². The van der Waals surface area contributed by atoms with Crippen LogP contribution in [0.2, 0.25) is 0 Å². The van der Waals surface area contributed by atoms with Gasteiger partial charge >= 0.3 is 0 Å². The number of likely N-dealkylation sites (tertiary alicyclic amines) is 1. The minimum absolute atomic E-state index is 0.0879. The first-order valence-corrected chi connectivity index (χ1v) is 8.82. The van der Waals surface area contributed by atoms with Crippen molar-refractivity contribution < 1.29 is 0 Å². The lowest BCUT2D eigenvalue weighted by Gasteiger charge is -2.31. The highest BCUT2D eigenvalue weighted by Gasteiger charge is 2.27. The number of hydrogen-bond donors (Lipinski definition) is 0. The second-order valence-electron chi connectivity index (χ2n) is 7.14. The standard InChI is InChI=1S/C17H24N6O/c1-13-8-18-11-22(17(13)24)9-14-4-6-21(7-5-14)10-16-20-19-12-23(16)15-2-3-15/h8,11-12,14-15H,2-7,9-10H2,1H3. The molecule has 1 aliphatic heterocycles. The van der Waals surface area contributed by atoms with E-state index in [0.29, 0.717) is 17.5 Å². The lowest BCUT2D eigenvalue weighted by molar-refractivity contribution is 0.161. The number of aryl methyl sites for hydroxylation is 1. The minimum Gasteiger partial charge on any atom is -0.313 e. The normalized spacial score (nSPS) is 19.7. The summed E-state index contributed by atoms with van der Waals surface area (Å²) in [4.78, 5) is 18.7. The third kappa shape index (κ3) is 3.26. The van der Waals surface area contributed by atoms with Crippen LogP contribution in [0.25, 0.3) is 0 Å². The summed E-state index contributed by atoms with van der Waals surface area (Å²) in [5, 5.41) is 8.38. The van der Waals surface area contributed by atoms with Crippen molar-refractivity contribution in [3.05, 3.63) is 40.6 Å². The van der Waals surface area contributed by atoms with Gasteiger partial charge in [0.15, 0.2) is 0 Å². The van der Waals surface area contributed by atoms with E-state index in [9.17, 15) is 4.79 Å². The van der Waals surface area contributed by atoms with Crippen LogP contribution < -0.4 is 5.56 Å². The third-order valence-electron chi connectivity index (χ3n) is 5.19. The van der Waals surface area contributed by atoms with Gasteiger partial charge in [-0.2, -0.15) is 0 Å². The van der Waals surface area contributed by atoms with Gasteiger partial charge in [0.2, 0.25) is 0 Å². The maximum Gasteiger partial charge on any atom is 0.256 e. The molecule has 2 aliphatic rings.